The van der Waals surface area contributed by atoms with Gasteiger partial charge in [0.2, 0.25) is 0 Å². The van der Waals surface area contributed by atoms with Gasteiger partial charge in [-0.05, 0) is 6.92 Å². The molecule has 0 spiro atoms. The number of nitrogens with one attached hydrogen (secondary N) is 1. The quantitative estimate of drug-likeness (QED) is 0.723. The standard InChI is InChI=1S/C14H19N5O/c1-8(2)10-5-19(6-11(10)20)4-9-3-16-13-12(9)17-7-18-14(13)15/h3,7,10-11,16,20H,1,4-6H2,2H3,(H2,15,17,18)/t10-,11?/m1/s1. The van der Waals surface area contributed by atoms with Gasteiger partial charge in [0.25, 0.3) is 0 Å². The highest BCUT2D eigenvalue weighted by Gasteiger charge is 2.31. The maximum atomic E-state index is 10.1. The van der Waals surface area contributed by atoms with Gasteiger partial charge in [-0.3, -0.25) is 4.90 Å². The zero-order valence-corrected chi connectivity index (χ0v) is 11.5. The van der Waals surface area contributed by atoms with E-state index in [-0.39, 0.29) is 12.0 Å². The summed E-state index contributed by atoms with van der Waals surface area (Å²) in [6, 6.07) is 0. The monoisotopic (exact) mass is 273 g/mol. The van der Waals surface area contributed by atoms with Crippen LogP contribution in [0.1, 0.15) is 12.5 Å². The summed E-state index contributed by atoms with van der Waals surface area (Å²) in [4.78, 5) is 13.6. The number of likely N-dealkylation sites (tertiary alicyclic amines) is 1. The molecule has 0 aromatic carbocycles. The second-order valence-corrected chi connectivity index (χ2v) is 5.51. The van der Waals surface area contributed by atoms with Crippen molar-refractivity contribution in [1.29, 1.82) is 0 Å². The highest BCUT2D eigenvalue weighted by Crippen LogP contribution is 2.26. The molecule has 0 aliphatic carbocycles. The lowest BCUT2D eigenvalue weighted by atomic mass is 9.99. The molecule has 0 radical (unpaired) electrons. The molecule has 1 aliphatic rings. The van der Waals surface area contributed by atoms with Crippen molar-refractivity contribution in [3.63, 3.8) is 0 Å². The fraction of sp³-hybridized carbons (Fsp3) is 0.429. The topological polar surface area (TPSA) is 91.1 Å². The summed E-state index contributed by atoms with van der Waals surface area (Å²) in [5, 5.41) is 10.1. The van der Waals surface area contributed by atoms with Crippen molar-refractivity contribution in [2.45, 2.75) is 19.6 Å². The van der Waals surface area contributed by atoms with Crippen LogP contribution in [0.4, 0.5) is 5.82 Å². The molecule has 2 aromatic rings. The molecule has 0 bridgehead atoms. The molecular formula is C14H19N5O. The van der Waals surface area contributed by atoms with Crippen LogP contribution in [0.15, 0.2) is 24.7 Å². The number of fused-ring (bicyclic) bond motifs is 1. The van der Waals surface area contributed by atoms with Crippen LogP contribution in [0.3, 0.4) is 0 Å². The third kappa shape index (κ3) is 2.17. The number of aliphatic hydroxyl groups excluding tert-OH is 1. The summed E-state index contributed by atoms with van der Waals surface area (Å²) in [5.74, 6) is 0.613. The summed E-state index contributed by atoms with van der Waals surface area (Å²) in [6.45, 7) is 8.13. The molecule has 1 aliphatic heterocycles. The summed E-state index contributed by atoms with van der Waals surface area (Å²) < 4.78 is 0. The zero-order valence-electron chi connectivity index (χ0n) is 11.5. The average Bonchev–Trinajstić information content (AvgIpc) is 2.95. The Morgan fingerprint density at radius 1 is 1.55 bits per heavy atom. The van der Waals surface area contributed by atoms with Crippen LogP contribution in [0, 0.1) is 5.92 Å². The number of nitrogen functional groups attached to an aromatic ring is 1. The van der Waals surface area contributed by atoms with Gasteiger partial charge in [0.15, 0.2) is 5.82 Å². The maximum absolute atomic E-state index is 10.1. The normalized spacial score (nSPS) is 23.5. The zero-order chi connectivity index (χ0) is 14.3. The molecule has 1 unspecified atom stereocenters. The first-order valence-electron chi connectivity index (χ1n) is 6.68. The van der Waals surface area contributed by atoms with Crippen LogP contribution in [-0.2, 0) is 6.54 Å². The molecule has 1 fully saturated rings. The third-order valence-electron chi connectivity index (χ3n) is 3.96. The Labute approximate surface area is 117 Å². The number of aromatic amines is 1. The molecule has 4 N–H and O–H groups in total. The Bertz CT molecular complexity index is 650. The Hall–Kier alpha value is -1.92. The number of hydrogen-bond acceptors (Lipinski definition) is 5. The number of anilines is 1. The van der Waals surface area contributed by atoms with E-state index >= 15 is 0 Å². The van der Waals surface area contributed by atoms with Crippen molar-refractivity contribution < 1.29 is 5.11 Å². The highest BCUT2D eigenvalue weighted by atomic mass is 16.3. The first kappa shape index (κ1) is 13.1. The van der Waals surface area contributed by atoms with Crippen molar-refractivity contribution in [1.82, 2.24) is 19.9 Å². The van der Waals surface area contributed by atoms with Gasteiger partial charge < -0.3 is 15.8 Å². The van der Waals surface area contributed by atoms with Gasteiger partial charge in [0.1, 0.15) is 11.8 Å². The van der Waals surface area contributed by atoms with Crippen molar-refractivity contribution in [3.8, 4) is 0 Å². The molecule has 0 amide bonds. The molecule has 2 atom stereocenters. The lowest BCUT2D eigenvalue weighted by molar-refractivity contribution is 0.153. The predicted molar refractivity (Wildman–Crippen MR) is 77.9 cm³/mol. The molecule has 3 heterocycles. The van der Waals surface area contributed by atoms with E-state index in [1.165, 1.54) is 6.33 Å². The predicted octanol–water partition coefficient (Wildman–Crippen LogP) is 0.909. The minimum absolute atomic E-state index is 0.153. The highest BCUT2D eigenvalue weighted by molar-refractivity contribution is 5.86. The van der Waals surface area contributed by atoms with Crippen molar-refractivity contribution in [3.05, 3.63) is 30.2 Å². The Kier molecular flexibility index (Phi) is 3.19. The maximum Gasteiger partial charge on any atom is 0.151 e. The summed E-state index contributed by atoms with van der Waals surface area (Å²) in [6.07, 6.45) is 3.05. The molecule has 2 aromatic heterocycles. The first-order chi connectivity index (χ1) is 9.56. The van der Waals surface area contributed by atoms with Gasteiger partial charge in [-0.15, -0.1) is 0 Å². The Balaban J connectivity index is 1.81. The van der Waals surface area contributed by atoms with Crippen LogP contribution in [0.25, 0.3) is 11.0 Å². The van der Waals surface area contributed by atoms with Crippen molar-refractivity contribution in [2.75, 3.05) is 18.8 Å². The second kappa shape index (κ2) is 4.88. The second-order valence-electron chi connectivity index (χ2n) is 5.51. The van der Waals surface area contributed by atoms with E-state index in [1.54, 1.807) is 0 Å². The smallest absolute Gasteiger partial charge is 0.151 e. The summed E-state index contributed by atoms with van der Waals surface area (Å²) >= 11 is 0. The molecule has 0 saturated carbocycles. The number of hydrogen-bond donors (Lipinski definition) is 3. The minimum atomic E-state index is -0.336. The number of β-amino-alcohol motifs (C(OH)–C–C–N with tert-alkyl or cyclic N) is 1. The van der Waals surface area contributed by atoms with E-state index in [4.69, 9.17) is 5.73 Å². The lowest BCUT2D eigenvalue weighted by Gasteiger charge is -2.14. The van der Waals surface area contributed by atoms with Crippen molar-refractivity contribution in [2.24, 2.45) is 5.92 Å². The van der Waals surface area contributed by atoms with Crippen molar-refractivity contribution >= 4 is 16.9 Å². The fourth-order valence-corrected chi connectivity index (χ4v) is 2.85. The molecule has 6 nitrogen and oxygen atoms in total. The number of aromatic nitrogens is 3. The van der Waals surface area contributed by atoms with Gasteiger partial charge in [0, 0.05) is 37.3 Å². The molecule has 1 saturated heterocycles. The van der Waals surface area contributed by atoms with Gasteiger partial charge in [-0.25, -0.2) is 9.97 Å². The molecule has 106 valence electrons. The Morgan fingerprint density at radius 3 is 3.05 bits per heavy atom. The number of nitrogens with two attached hydrogens (primary N) is 1. The third-order valence-corrected chi connectivity index (χ3v) is 3.96. The van der Waals surface area contributed by atoms with Crippen LogP contribution in [0.5, 0.6) is 0 Å². The first-order valence-corrected chi connectivity index (χ1v) is 6.68. The minimum Gasteiger partial charge on any atom is -0.391 e. The average molecular weight is 273 g/mol. The van der Waals surface area contributed by atoms with E-state index in [1.807, 2.05) is 13.1 Å². The van der Waals surface area contributed by atoms with Crippen LogP contribution < -0.4 is 5.73 Å². The summed E-state index contributed by atoms with van der Waals surface area (Å²) in [7, 11) is 0. The molecule has 3 rings (SSSR count). The number of H-pyrrole nitrogens is 1. The number of rotatable bonds is 3. The lowest BCUT2D eigenvalue weighted by Crippen LogP contribution is -2.21. The van der Waals surface area contributed by atoms with E-state index in [0.29, 0.717) is 12.4 Å². The van der Waals surface area contributed by atoms with E-state index < -0.39 is 0 Å². The molecular weight excluding hydrogens is 254 g/mol. The molecule has 6 heteroatoms. The van der Waals surface area contributed by atoms with Gasteiger partial charge >= 0.3 is 0 Å². The number of aliphatic hydroxyl groups is 1. The van der Waals surface area contributed by atoms with Gasteiger partial charge in [0.05, 0.1) is 11.6 Å². The fourth-order valence-electron chi connectivity index (χ4n) is 2.85. The van der Waals surface area contributed by atoms with E-state index in [0.717, 1.165) is 35.3 Å². The van der Waals surface area contributed by atoms with Crippen LogP contribution >= 0.6 is 0 Å². The Morgan fingerprint density at radius 2 is 2.35 bits per heavy atom. The van der Waals surface area contributed by atoms with Gasteiger partial charge in [-0.1, -0.05) is 12.2 Å². The van der Waals surface area contributed by atoms with Crippen LogP contribution in [-0.4, -0.2) is 44.2 Å². The summed E-state index contributed by atoms with van der Waals surface area (Å²) in [5.41, 5.74) is 9.55. The van der Waals surface area contributed by atoms with E-state index in [9.17, 15) is 5.11 Å². The number of nitrogens with zero attached hydrogens (tertiary/aromatic N) is 3. The van der Waals surface area contributed by atoms with Gasteiger partial charge in [-0.2, -0.15) is 0 Å². The SMILES string of the molecule is C=C(C)[C@H]1CN(Cc2c[nH]c3c(N)ncnc23)CC1O. The van der Waals surface area contributed by atoms with Crippen LogP contribution in [0.2, 0.25) is 0 Å². The largest absolute Gasteiger partial charge is 0.391 e. The van der Waals surface area contributed by atoms with E-state index in [2.05, 4.69) is 26.4 Å². The molecule has 20 heavy (non-hydrogen) atoms.